The zero-order valence-corrected chi connectivity index (χ0v) is 12.3. The highest BCUT2D eigenvalue weighted by molar-refractivity contribution is 9.10. The highest BCUT2D eigenvalue weighted by Gasteiger charge is 2.09. The lowest BCUT2D eigenvalue weighted by Gasteiger charge is -2.10. The summed E-state index contributed by atoms with van der Waals surface area (Å²) in [7, 11) is 0. The standard InChI is InChI=1S/C15H13BrF2O2/c1-9(19)10-3-5-15(14(18)6-10)20-8-11-2-4-12(16)7-13(11)17/h2-7,9,19H,8H2,1H3. The van der Waals surface area contributed by atoms with Crippen molar-refractivity contribution in [3.05, 3.63) is 63.6 Å². The summed E-state index contributed by atoms with van der Waals surface area (Å²) in [5.41, 5.74) is 0.803. The lowest BCUT2D eigenvalue weighted by molar-refractivity contribution is 0.198. The monoisotopic (exact) mass is 342 g/mol. The quantitative estimate of drug-likeness (QED) is 0.894. The van der Waals surface area contributed by atoms with Gasteiger partial charge in [-0.2, -0.15) is 0 Å². The van der Waals surface area contributed by atoms with Crippen molar-refractivity contribution in [2.45, 2.75) is 19.6 Å². The second-order valence-corrected chi connectivity index (χ2v) is 5.31. The fourth-order valence-electron chi connectivity index (χ4n) is 1.69. The Labute approximate surface area is 124 Å². The number of hydrogen-bond donors (Lipinski definition) is 1. The first-order valence-electron chi connectivity index (χ1n) is 6.01. The normalized spacial score (nSPS) is 12.2. The fraction of sp³-hybridized carbons (Fsp3) is 0.200. The maximum Gasteiger partial charge on any atom is 0.165 e. The number of aliphatic hydroxyl groups excluding tert-OH is 1. The number of hydrogen-bond acceptors (Lipinski definition) is 2. The van der Waals surface area contributed by atoms with Gasteiger partial charge in [-0.05, 0) is 36.8 Å². The summed E-state index contributed by atoms with van der Waals surface area (Å²) in [4.78, 5) is 0. The minimum atomic E-state index is -0.748. The molecule has 0 aliphatic rings. The van der Waals surface area contributed by atoms with Crippen LogP contribution in [0.4, 0.5) is 8.78 Å². The number of ether oxygens (including phenoxy) is 1. The molecule has 2 aromatic rings. The van der Waals surface area contributed by atoms with Crippen molar-refractivity contribution in [3.8, 4) is 5.75 Å². The molecule has 0 saturated carbocycles. The summed E-state index contributed by atoms with van der Waals surface area (Å²) < 4.78 is 33.2. The summed E-state index contributed by atoms with van der Waals surface area (Å²) in [6.07, 6.45) is -0.748. The van der Waals surface area contributed by atoms with E-state index in [1.807, 2.05) is 0 Å². The van der Waals surface area contributed by atoms with Crippen LogP contribution in [0.2, 0.25) is 0 Å². The summed E-state index contributed by atoms with van der Waals surface area (Å²) >= 11 is 3.16. The third-order valence-electron chi connectivity index (χ3n) is 2.84. The number of aliphatic hydroxyl groups is 1. The zero-order valence-electron chi connectivity index (χ0n) is 10.7. The van der Waals surface area contributed by atoms with Crippen LogP contribution in [0, 0.1) is 11.6 Å². The van der Waals surface area contributed by atoms with Gasteiger partial charge in [0, 0.05) is 10.0 Å². The molecule has 106 valence electrons. The molecule has 1 unspecified atom stereocenters. The van der Waals surface area contributed by atoms with E-state index < -0.39 is 17.7 Å². The zero-order chi connectivity index (χ0) is 14.7. The van der Waals surface area contributed by atoms with Gasteiger partial charge in [-0.1, -0.05) is 28.1 Å². The van der Waals surface area contributed by atoms with E-state index in [0.717, 1.165) is 0 Å². The van der Waals surface area contributed by atoms with Gasteiger partial charge in [0.05, 0.1) is 6.10 Å². The van der Waals surface area contributed by atoms with E-state index in [-0.39, 0.29) is 12.4 Å². The van der Waals surface area contributed by atoms with Crippen molar-refractivity contribution in [2.75, 3.05) is 0 Å². The molecule has 0 heterocycles. The second kappa shape index (κ2) is 6.33. The predicted molar refractivity (Wildman–Crippen MR) is 75.5 cm³/mol. The van der Waals surface area contributed by atoms with Crippen LogP contribution in [0.1, 0.15) is 24.2 Å². The molecule has 2 aromatic carbocycles. The Kier molecular flexibility index (Phi) is 4.73. The van der Waals surface area contributed by atoms with Crippen LogP contribution in [-0.4, -0.2) is 5.11 Å². The molecule has 0 radical (unpaired) electrons. The molecule has 0 bridgehead atoms. The Morgan fingerprint density at radius 2 is 1.90 bits per heavy atom. The minimum Gasteiger partial charge on any atom is -0.486 e. The lowest BCUT2D eigenvalue weighted by Crippen LogP contribution is -2.01. The van der Waals surface area contributed by atoms with E-state index in [2.05, 4.69) is 15.9 Å². The molecule has 0 aromatic heterocycles. The van der Waals surface area contributed by atoms with Crippen LogP contribution < -0.4 is 4.74 Å². The molecule has 2 rings (SSSR count). The summed E-state index contributed by atoms with van der Waals surface area (Å²) in [6, 6.07) is 8.79. The first kappa shape index (κ1) is 14.9. The van der Waals surface area contributed by atoms with Gasteiger partial charge in [0.2, 0.25) is 0 Å². The molecule has 5 heteroatoms. The van der Waals surface area contributed by atoms with Crippen molar-refractivity contribution in [2.24, 2.45) is 0 Å². The molecular formula is C15H13BrF2O2. The molecule has 0 aliphatic carbocycles. The van der Waals surface area contributed by atoms with Gasteiger partial charge in [0.1, 0.15) is 12.4 Å². The molecule has 2 nitrogen and oxygen atoms in total. The van der Waals surface area contributed by atoms with Crippen molar-refractivity contribution < 1.29 is 18.6 Å². The van der Waals surface area contributed by atoms with Crippen molar-refractivity contribution >= 4 is 15.9 Å². The number of halogens is 3. The van der Waals surface area contributed by atoms with Gasteiger partial charge in [0.25, 0.3) is 0 Å². The highest BCUT2D eigenvalue weighted by atomic mass is 79.9. The number of benzene rings is 2. The third-order valence-corrected chi connectivity index (χ3v) is 3.33. The number of rotatable bonds is 4. The van der Waals surface area contributed by atoms with Gasteiger partial charge in [0.15, 0.2) is 11.6 Å². The van der Waals surface area contributed by atoms with Crippen LogP contribution in [-0.2, 0) is 6.61 Å². The minimum absolute atomic E-state index is 0.0247. The summed E-state index contributed by atoms with van der Waals surface area (Å²) in [5.74, 6) is -0.974. The smallest absolute Gasteiger partial charge is 0.165 e. The van der Waals surface area contributed by atoms with E-state index in [9.17, 15) is 13.9 Å². The van der Waals surface area contributed by atoms with E-state index in [4.69, 9.17) is 4.74 Å². The highest BCUT2D eigenvalue weighted by Crippen LogP contribution is 2.23. The first-order valence-corrected chi connectivity index (χ1v) is 6.81. The first-order chi connectivity index (χ1) is 9.47. The van der Waals surface area contributed by atoms with Crippen molar-refractivity contribution in [1.29, 1.82) is 0 Å². The Bertz CT molecular complexity index is 615. The molecule has 1 atom stereocenters. The molecule has 0 aliphatic heterocycles. The topological polar surface area (TPSA) is 29.5 Å². The van der Waals surface area contributed by atoms with Crippen LogP contribution in [0.5, 0.6) is 5.75 Å². The molecule has 0 fully saturated rings. The second-order valence-electron chi connectivity index (χ2n) is 4.39. The summed E-state index contributed by atoms with van der Waals surface area (Å²) in [6.45, 7) is 1.48. The molecule has 1 N–H and O–H groups in total. The van der Waals surface area contributed by atoms with E-state index >= 15 is 0 Å². The van der Waals surface area contributed by atoms with Crippen LogP contribution in [0.25, 0.3) is 0 Å². The lowest BCUT2D eigenvalue weighted by atomic mass is 10.1. The van der Waals surface area contributed by atoms with Crippen LogP contribution in [0.3, 0.4) is 0 Å². The van der Waals surface area contributed by atoms with Crippen LogP contribution in [0.15, 0.2) is 40.9 Å². The Morgan fingerprint density at radius 1 is 1.15 bits per heavy atom. The maximum atomic E-state index is 13.7. The van der Waals surface area contributed by atoms with Crippen molar-refractivity contribution in [3.63, 3.8) is 0 Å². The average molecular weight is 343 g/mol. The van der Waals surface area contributed by atoms with Crippen molar-refractivity contribution in [1.82, 2.24) is 0 Å². The molecule has 0 saturated heterocycles. The van der Waals surface area contributed by atoms with Gasteiger partial charge >= 0.3 is 0 Å². The third kappa shape index (κ3) is 3.55. The maximum absolute atomic E-state index is 13.7. The van der Waals surface area contributed by atoms with E-state index in [1.54, 1.807) is 25.1 Å². The average Bonchev–Trinajstić information content (AvgIpc) is 2.38. The predicted octanol–water partition coefficient (Wildman–Crippen LogP) is 4.36. The largest absolute Gasteiger partial charge is 0.486 e. The molecular weight excluding hydrogens is 330 g/mol. The molecule has 20 heavy (non-hydrogen) atoms. The van der Waals surface area contributed by atoms with E-state index in [0.29, 0.717) is 15.6 Å². The van der Waals surface area contributed by atoms with Gasteiger partial charge in [-0.3, -0.25) is 0 Å². The van der Waals surface area contributed by atoms with Gasteiger partial charge in [-0.15, -0.1) is 0 Å². The Balaban J connectivity index is 2.11. The molecule has 0 amide bonds. The Hall–Kier alpha value is -1.46. The van der Waals surface area contributed by atoms with Gasteiger partial charge < -0.3 is 9.84 Å². The van der Waals surface area contributed by atoms with Crippen LogP contribution >= 0.6 is 15.9 Å². The summed E-state index contributed by atoms with van der Waals surface area (Å²) in [5, 5.41) is 9.35. The fourth-order valence-corrected chi connectivity index (χ4v) is 2.02. The van der Waals surface area contributed by atoms with Gasteiger partial charge in [-0.25, -0.2) is 8.78 Å². The SMILES string of the molecule is CC(O)c1ccc(OCc2ccc(Br)cc2F)c(F)c1. The molecule has 0 spiro atoms. The Morgan fingerprint density at radius 3 is 2.50 bits per heavy atom. The van der Waals surface area contributed by atoms with E-state index in [1.165, 1.54) is 18.2 Å².